The maximum Gasteiger partial charge on any atom is 0.164 e. The molecule has 0 aliphatic carbocycles. The van der Waals surface area contributed by atoms with Crippen LogP contribution < -0.4 is 0 Å². The first-order valence-electron chi connectivity index (χ1n) is 4.26. The van der Waals surface area contributed by atoms with E-state index >= 15 is 0 Å². The molecule has 2 heteroatoms. The summed E-state index contributed by atoms with van der Waals surface area (Å²) in [5, 5.41) is 7.41. The third kappa shape index (κ3) is 2.02. The minimum atomic E-state index is -0.0984. The number of benzene rings is 1. The van der Waals surface area contributed by atoms with E-state index in [2.05, 4.69) is 0 Å². The van der Waals surface area contributed by atoms with Crippen LogP contribution in [0, 0.1) is 12.3 Å². The fourth-order valence-corrected chi connectivity index (χ4v) is 1.34. The summed E-state index contributed by atoms with van der Waals surface area (Å²) in [6.45, 7) is 3.86. The predicted molar refractivity (Wildman–Crippen MR) is 53.4 cm³/mol. The highest BCUT2D eigenvalue weighted by Crippen LogP contribution is 2.19. The van der Waals surface area contributed by atoms with Crippen molar-refractivity contribution in [1.29, 1.82) is 5.41 Å². The van der Waals surface area contributed by atoms with Gasteiger partial charge >= 0.3 is 0 Å². The number of rotatable bonds is 3. The Hall–Kier alpha value is -1.44. The lowest BCUT2D eigenvalue weighted by atomic mass is 9.93. The van der Waals surface area contributed by atoms with Crippen molar-refractivity contribution >= 4 is 12.0 Å². The molecule has 1 rings (SSSR count). The van der Waals surface area contributed by atoms with Crippen molar-refractivity contribution in [2.45, 2.75) is 19.8 Å². The van der Waals surface area contributed by atoms with Crippen molar-refractivity contribution in [2.75, 3.05) is 0 Å². The van der Waals surface area contributed by atoms with Gasteiger partial charge in [-0.05, 0) is 18.1 Å². The summed E-state index contributed by atoms with van der Waals surface area (Å²) in [5.41, 5.74) is 2.32. The molecule has 1 aromatic rings. The van der Waals surface area contributed by atoms with Crippen LogP contribution >= 0.6 is 0 Å². The molecule has 0 heterocycles. The van der Waals surface area contributed by atoms with Gasteiger partial charge in [0.15, 0.2) is 6.29 Å². The van der Waals surface area contributed by atoms with Gasteiger partial charge in [-0.2, -0.15) is 0 Å². The zero-order valence-electron chi connectivity index (χ0n) is 7.87. The van der Waals surface area contributed by atoms with Gasteiger partial charge in [-0.3, -0.25) is 4.79 Å². The molecule has 68 valence electrons. The van der Waals surface area contributed by atoms with E-state index in [4.69, 9.17) is 5.41 Å². The van der Waals surface area contributed by atoms with Crippen molar-refractivity contribution in [3.63, 3.8) is 0 Å². The summed E-state index contributed by atoms with van der Waals surface area (Å²) in [6, 6.07) is 7.83. The number of hydrogen-bond acceptors (Lipinski definition) is 2. The van der Waals surface area contributed by atoms with E-state index in [-0.39, 0.29) is 11.6 Å². The van der Waals surface area contributed by atoms with Gasteiger partial charge in [0, 0.05) is 5.92 Å². The van der Waals surface area contributed by atoms with E-state index < -0.39 is 0 Å². The molecular formula is C11H13NO. The first-order chi connectivity index (χ1) is 6.16. The molecule has 1 N–H and O–H groups in total. The zero-order chi connectivity index (χ0) is 9.84. The molecule has 1 aromatic carbocycles. The number of aldehydes is 1. The number of aryl methyl sites for hydroxylation is 1. The van der Waals surface area contributed by atoms with Gasteiger partial charge in [-0.25, -0.2) is 0 Å². The summed E-state index contributed by atoms with van der Waals surface area (Å²) in [6.07, 6.45) is 0.608. The van der Waals surface area contributed by atoms with Gasteiger partial charge in [0.2, 0.25) is 0 Å². The summed E-state index contributed by atoms with van der Waals surface area (Å²) < 4.78 is 0. The average Bonchev–Trinajstić information content (AvgIpc) is 2.16. The summed E-state index contributed by atoms with van der Waals surface area (Å²) in [4.78, 5) is 10.4. The fourth-order valence-electron chi connectivity index (χ4n) is 1.34. The molecule has 1 unspecified atom stereocenters. The molecule has 0 fully saturated rings. The van der Waals surface area contributed by atoms with Gasteiger partial charge in [-0.1, -0.05) is 31.2 Å². The molecule has 0 saturated heterocycles. The first-order valence-corrected chi connectivity index (χ1v) is 4.26. The van der Waals surface area contributed by atoms with Crippen molar-refractivity contribution in [2.24, 2.45) is 0 Å². The van der Waals surface area contributed by atoms with Crippen LogP contribution in [0.3, 0.4) is 0 Å². The lowest BCUT2D eigenvalue weighted by Crippen LogP contribution is -2.10. The average molecular weight is 175 g/mol. The Balaban J connectivity index is 3.01. The second-order valence-electron chi connectivity index (χ2n) is 3.15. The highest BCUT2D eigenvalue weighted by atomic mass is 16.1. The van der Waals surface area contributed by atoms with Crippen molar-refractivity contribution in [3.8, 4) is 0 Å². The van der Waals surface area contributed by atoms with Crippen molar-refractivity contribution in [1.82, 2.24) is 0 Å². The predicted octanol–water partition coefficient (Wildman–Crippen LogP) is 2.32. The van der Waals surface area contributed by atoms with Crippen molar-refractivity contribution in [3.05, 3.63) is 35.4 Å². The first kappa shape index (κ1) is 9.65. The fraction of sp³-hybridized carbons (Fsp3) is 0.273. The SMILES string of the molecule is Cc1ccccc1C(C)C(=N)C=O. The Bertz CT molecular complexity index is 331. The largest absolute Gasteiger partial charge is 0.301 e. The van der Waals surface area contributed by atoms with Crippen LogP contribution in [0.4, 0.5) is 0 Å². The molecule has 2 nitrogen and oxygen atoms in total. The highest BCUT2D eigenvalue weighted by Gasteiger charge is 2.11. The van der Waals surface area contributed by atoms with Crippen LogP contribution in [0.1, 0.15) is 24.0 Å². The van der Waals surface area contributed by atoms with E-state index in [1.165, 1.54) is 0 Å². The number of nitrogens with one attached hydrogen (secondary N) is 1. The molecule has 13 heavy (non-hydrogen) atoms. The van der Waals surface area contributed by atoms with E-state index in [1.807, 2.05) is 38.1 Å². The van der Waals surface area contributed by atoms with Crippen LogP contribution in [0.2, 0.25) is 0 Å². The summed E-state index contributed by atoms with van der Waals surface area (Å²) in [5.74, 6) is -0.0984. The zero-order valence-corrected chi connectivity index (χ0v) is 7.87. The molecule has 0 amide bonds. The quantitative estimate of drug-likeness (QED) is 0.556. The van der Waals surface area contributed by atoms with Gasteiger partial charge < -0.3 is 5.41 Å². The normalized spacial score (nSPS) is 12.2. The molecule has 0 aliphatic heterocycles. The topological polar surface area (TPSA) is 40.9 Å². The standard InChI is InChI=1S/C11H13NO/c1-8-5-3-4-6-10(8)9(2)11(12)7-13/h3-7,9,12H,1-2H3. The Morgan fingerprint density at radius 3 is 2.62 bits per heavy atom. The van der Waals surface area contributed by atoms with E-state index in [1.54, 1.807) is 0 Å². The molecular weight excluding hydrogens is 162 g/mol. The monoisotopic (exact) mass is 175 g/mol. The van der Waals surface area contributed by atoms with Crippen molar-refractivity contribution < 1.29 is 4.79 Å². The lowest BCUT2D eigenvalue weighted by molar-refractivity contribution is -0.102. The summed E-state index contributed by atoms with van der Waals surface area (Å²) >= 11 is 0. The summed E-state index contributed by atoms with van der Waals surface area (Å²) in [7, 11) is 0. The van der Waals surface area contributed by atoms with E-state index in [0.717, 1.165) is 11.1 Å². The number of carbonyl (C=O) groups excluding carboxylic acids is 1. The minimum absolute atomic E-state index is 0.0984. The Kier molecular flexibility index (Phi) is 2.96. The number of carbonyl (C=O) groups is 1. The maximum atomic E-state index is 10.4. The minimum Gasteiger partial charge on any atom is -0.301 e. The van der Waals surface area contributed by atoms with Gasteiger partial charge in [-0.15, -0.1) is 0 Å². The molecule has 0 radical (unpaired) electrons. The van der Waals surface area contributed by atoms with Crippen LogP contribution in [-0.2, 0) is 4.79 Å². The van der Waals surface area contributed by atoms with E-state index in [9.17, 15) is 4.79 Å². The Morgan fingerprint density at radius 2 is 2.08 bits per heavy atom. The molecule has 1 atom stereocenters. The van der Waals surface area contributed by atoms with Crippen LogP contribution in [0.25, 0.3) is 0 Å². The van der Waals surface area contributed by atoms with Crippen LogP contribution in [0.5, 0.6) is 0 Å². The Labute approximate surface area is 78.1 Å². The third-order valence-corrected chi connectivity index (χ3v) is 2.25. The lowest BCUT2D eigenvalue weighted by Gasteiger charge is -2.11. The highest BCUT2D eigenvalue weighted by molar-refractivity contribution is 6.29. The molecule has 0 spiro atoms. The molecule has 0 saturated carbocycles. The molecule has 0 bridgehead atoms. The number of hydrogen-bond donors (Lipinski definition) is 1. The van der Waals surface area contributed by atoms with Gasteiger partial charge in [0.25, 0.3) is 0 Å². The second-order valence-corrected chi connectivity index (χ2v) is 3.15. The maximum absolute atomic E-state index is 10.4. The van der Waals surface area contributed by atoms with Gasteiger partial charge in [0.05, 0.1) is 5.71 Å². The van der Waals surface area contributed by atoms with Gasteiger partial charge in [0.1, 0.15) is 0 Å². The second kappa shape index (κ2) is 3.99. The van der Waals surface area contributed by atoms with Crippen LogP contribution in [0.15, 0.2) is 24.3 Å². The molecule has 0 aromatic heterocycles. The smallest absolute Gasteiger partial charge is 0.164 e. The molecule has 0 aliphatic rings. The third-order valence-electron chi connectivity index (χ3n) is 2.25. The van der Waals surface area contributed by atoms with E-state index in [0.29, 0.717) is 6.29 Å². The Morgan fingerprint density at radius 1 is 1.46 bits per heavy atom. The van der Waals surface area contributed by atoms with Crippen LogP contribution in [-0.4, -0.2) is 12.0 Å².